The number of nitrogens with zero attached hydrogens (tertiary/aromatic N) is 1. The van der Waals surface area contributed by atoms with Gasteiger partial charge < -0.3 is 4.74 Å². The van der Waals surface area contributed by atoms with Gasteiger partial charge in [0, 0.05) is 0 Å². The molecule has 0 aromatic heterocycles. The molecule has 3 heterocycles. The molecule has 7 heteroatoms. The molecule has 2 amide bonds. The van der Waals surface area contributed by atoms with Crippen LogP contribution in [0.4, 0.5) is 18.9 Å². The zero-order chi connectivity index (χ0) is 15.6. The molecule has 4 atom stereocenters. The van der Waals surface area contributed by atoms with Crippen molar-refractivity contribution in [3.8, 4) is 0 Å². The number of hydrogen-bond acceptors (Lipinski definition) is 3. The predicted molar refractivity (Wildman–Crippen MR) is 68.7 cm³/mol. The Hall–Kier alpha value is -2.15. The largest absolute Gasteiger partial charge is 0.416 e. The van der Waals surface area contributed by atoms with Gasteiger partial charge in [0.15, 0.2) is 0 Å². The number of benzene rings is 1. The topological polar surface area (TPSA) is 46.6 Å². The number of alkyl halides is 3. The van der Waals surface area contributed by atoms with E-state index in [-0.39, 0.29) is 5.69 Å². The van der Waals surface area contributed by atoms with Gasteiger partial charge in [0.1, 0.15) is 0 Å². The highest BCUT2D eigenvalue weighted by Gasteiger charge is 2.61. The normalized spacial score (nSPS) is 33.0. The third-order valence-electron chi connectivity index (χ3n) is 4.34. The highest BCUT2D eigenvalue weighted by atomic mass is 19.4. The lowest BCUT2D eigenvalue weighted by Gasteiger charge is -2.18. The number of ether oxygens (including phenoxy) is 1. The number of imide groups is 1. The van der Waals surface area contributed by atoms with Gasteiger partial charge in [0.25, 0.3) is 0 Å². The van der Waals surface area contributed by atoms with Crippen LogP contribution in [0.15, 0.2) is 36.4 Å². The summed E-state index contributed by atoms with van der Waals surface area (Å²) in [4.78, 5) is 25.8. The van der Waals surface area contributed by atoms with Gasteiger partial charge in [-0.25, -0.2) is 4.90 Å². The van der Waals surface area contributed by atoms with Crippen LogP contribution in [0.25, 0.3) is 0 Å². The maximum atomic E-state index is 12.8. The number of amides is 2. The van der Waals surface area contributed by atoms with Crippen molar-refractivity contribution in [1.29, 1.82) is 0 Å². The molecule has 3 aliphatic rings. The summed E-state index contributed by atoms with van der Waals surface area (Å²) >= 11 is 0. The van der Waals surface area contributed by atoms with E-state index >= 15 is 0 Å². The van der Waals surface area contributed by atoms with Gasteiger partial charge in [0.05, 0.1) is 35.3 Å². The molecule has 1 aromatic rings. The predicted octanol–water partition coefficient (Wildman–Crippen LogP) is 2.15. The summed E-state index contributed by atoms with van der Waals surface area (Å²) in [5.41, 5.74) is -0.932. The van der Waals surface area contributed by atoms with Crippen molar-refractivity contribution in [2.75, 3.05) is 4.90 Å². The smallest absolute Gasteiger partial charge is 0.365 e. The van der Waals surface area contributed by atoms with Gasteiger partial charge in [-0.1, -0.05) is 18.2 Å². The molecule has 2 bridgehead atoms. The molecule has 1 aromatic carbocycles. The van der Waals surface area contributed by atoms with E-state index in [9.17, 15) is 22.8 Å². The number of anilines is 1. The average molecular weight is 309 g/mol. The molecule has 4 nitrogen and oxygen atoms in total. The van der Waals surface area contributed by atoms with Crippen molar-refractivity contribution in [3.63, 3.8) is 0 Å². The molecule has 4 rings (SSSR count). The highest BCUT2D eigenvalue weighted by Crippen LogP contribution is 2.46. The van der Waals surface area contributed by atoms with E-state index in [0.29, 0.717) is 0 Å². The van der Waals surface area contributed by atoms with E-state index in [1.807, 2.05) is 0 Å². The fourth-order valence-electron chi connectivity index (χ4n) is 3.38. The third-order valence-corrected chi connectivity index (χ3v) is 4.34. The lowest BCUT2D eigenvalue weighted by molar-refractivity contribution is -0.137. The summed E-state index contributed by atoms with van der Waals surface area (Å²) < 4.78 is 43.9. The van der Waals surface area contributed by atoms with Crippen LogP contribution in [0.1, 0.15) is 5.56 Å². The molecule has 0 aliphatic carbocycles. The van der Waals surface area contributed by atoms with Gasteiger partial charge in [-0.2, -0.15) is 13.2 Å². The Labute approximate surface area is 123 Å². The summed E-state index contributed by atoms with van der Waals surface area (Å²) in [6.45, 7) is 0. The summed E-state index contributed by atoms with van der Waals surface area (Å²) in [5.74, 6) is -2.24. The quantitative estimate of drug-likeness (QED) is 0.590. The average Bonchev–Trinajstić information content (AvgIpc) is 3.12. The number of carbonyl (C=O) groups excluding carboxylic acids is 2. The van der Waals surface area contributed by atoms with E-state index in [2.05, 4.69) is 0 Å². The van der Waals surface area contributed by atoms with Gasteiger partial charge in [-0.05, 0) is 18.2 Å². The Morgan fingerprint density at radius 1 is 1.00 bits per heavy atom. The second-order valence-electron chi connectivity index (χ2n) is 5.56. The van der Waals surface area contributed by atoms with Crippen LogP contribution < -0.4 is 4.90 Å². The van der Waals surface area contributed by atoms with Crippen LogP contribution in [0.5, 0.6) is 0 Å². The van der Waals surface area contributed by atoms with Gasteiger partial charge >= 0.3 is 6.18 Å². The highest BCUT2D eigenvalue weighted by molar-refractivity contribution is 6.23. The fourth-order valence-corrected chi connectivity index (χ4v) is 3.38. The van der Waals surface area contributed by atoms with E-state index in [0.717, 1.165) is 17.0 Å². The Morgan fingerprint density at radius 3 is 2.14 bits per heavy atom. The molecule has 2 fully saturated rings. The zero-order valence-electron chi connectivity index (χ0n) is 11.1. The molecule has 0 saturated carbocycles. The summed E-state index contributed by atoms with van der Waals surface area (Å²) in [6.07, 6.45) is -1.98. The van der Waals surface area contributed by atoms with Gasteiger partial charge in [-0.3, -0.25) is 9.59 Å². The zero-order valence-corrected chi connectivity index (χ0v) is 11.1. The Morgan fingerprint density at radius 2 is 1.59 bits per heavy atom. The van der Waals surface area contributed by atoms with Crippen molar-refractivity contribution >= 4 is 17.5 Å². The number of carbonyl (C=O) groups is 2. The van der Waals surface area contributed by atoms with Crippen molar-refractivity contribution in [1.82, 2.24) is 0 Å². The van der Waals surface area contributed by atoms with Crippen LogP contribution in [-0.2, 0) is 20.5 Å². The number of hydrogen-bond donors (Lipinski definition) is 0. The number of fused-ring (bicyclic) bond motifs is 5. The molecular weight excluding hydrogens is 299 g/mol. The van der Waals surface area contributed by atoms with Crippen LogP contribution in [0, 0.1) is 11.8 Å². The minimum absolute atomic E-state index is 0.0429. The van der Waals surface area contributed by atoms with E-state index in [1.54, 1.807) is 12.2 Å². The van der Waals surface area contributed by atoms with Crippen LogP contribution in [0.3, 0.4) is 0 Å². The molecule has 0 N–H and O–H groups in total. The first-order valence-corrected chi connectivity index (χ1v) is 6.77. The van der Waals surface area contributed by atoms with E-state index < -0.39 is 47.6 Å². The van der Waals surface area contributed by atoms with Crippen molar-refractivity contribution in [2.24, 2.45) is 11.8 Å². The monoisotopic (exact) mass is 309 g/mol. The molecule has 2 saturated heterocycles. The van der Waals surface area contributed by atoms with Crippen LogP contribution >= 0.6 is 0 Å². The lowest BCUT2D eigenvalue weighted by atomic mass is 9.85. The van der Waals surface area contributed by atoms with Crippen molar-refractivity contribution in [3.05, 3.63) is 42.0 Å². The molecular formula is C15H10F3NO3. The minimum atomic E-state index is -4.53. The maximum absolute atomic E-state index is 12.8. The first kappa shape index (κ1) is 13.5. The minimum Gasteiger partial charge on any atom is -0.365 e. The molecule has 114 valence electrons. The SMILES string of the molecule is O=C1[C@@H]2[C@H](C(=O)N1c1cccc(C(F)(F)F)c1)[C@H]1C=C[C@@H]2O1. The van der Waals surface area contributed by atoms with E-state index in [1.165, 1.54) is 12.1 Å². The van der Waals surface area contributed by atoms with Crippen LogP contribution in [-0.4, -0.2) is 24.0 Å². The Bertz CT molecular complexity index is 682. The van der Waals surface area contributed by atoms with Crippen molar-refractivity contribution < 1.29 is 27.5 Å². The fraction of sp³-hybridized carbons (Fsp3) is 0.333. The lowest BCUT2D eigenvalue weighted by Crippen LogP contribution is -2.34. The molecule has 22 heavy (non-hydrogen) atoms. The Balaban J connectivity index is 1.73. The first-order valence-electron chi connectivity index (χ1n) is 6.77. The summed E-state index contributed by atoms with van der Waals surface area (Å²) in [5, 5.41) is 0. The number of halogens is 3. The van der Waals surface area contributed by atoms with Gasteiger partial charge in [0.2, 0.25) is 11.8 Å². The van der Waals surface area contributed by atoms with Crippen molar-refractivity contribution in [2.45, 2.75) is 18.4 Å². The molecule has 0 radical (unpaired) electrons. The standard InChI is InChI=1S/C15H10F3NO3/c16-15(17,18)7-2-1-3-8(6-7)19-13(20)11-9-4-5-10(22-9)12(11)14(19)21/h1-6,9-12H/t9-,10+,11-,12+. The Kier molecular flexibility index (Phi) is 2.57. The molecule has 3 aliphatic heterocycles. The molecule has 0 unspecified atom stereocenters. The van der Waals surface area contributed by atoms with E-state index in [4.69, 9.17) is 4.74 Å². The summed E-state index contributed by atoms with van der Waals surface area (Å²) in [7, 11) is 0. The van der Waals surface area contributed by atoms with Crippen LogP contribution in [0.2, 0.25) is 0 Å². The maximum Gasteiger partial charge on any atom is 0.416 e. The second-order valence-corrected chi connectivity index (χ2v) is 5.56. The first-order chi connectivity index (χ1) is 10.4. The number of rotatable bonds is 1. The second kappa shape index (κ2) is 4.19. The van der Waals surface area contributed by atoms with Gasteiger partial charge in [-0.15, -0.1) is 0 Å². The third kappa shape index (κ3) is 1.68. The summed E-state index contributed by atoms with van der Waals surface area (Å²) in [6, 6.07) is 4.26. The molecule has 0 spiro atoms.